The van der Waals surface area contributed by atoms with Crippen molar-refractivity contribution in [2.24, 2.45) is 7.05 Å². The van der Waals surface area contributed by atoms with E-state index in [0.717, 1.165) is 17.0 Å². The van der Waals surface area contributed by atoms with Crippen LogP contribution < -0.4 is 10.6 Å². The van der Waals surface area contributed by atoms with E-state index >= 15 is 0 Å². The molecule has 2 N–H and O–H groups in total. The van der Waals surface area contributed by atoms with Crippen LogP contribution in [0.2, 0.25) is 0 Å². The summed E-state index contributed by atoms with van der Waals surface area (Å²) in [5, 5.41) is 13.9. The molecule has 1 heterocycles. The smallest absolute Gasteiger partial charge is 0.321 e. The van der Waals surface area contributed by atoms with E-state index in [0.29, 0.717) is 11.7 Å². The number of urea groups is 1. The third-order valence-electron chi connectivity index (χ3n) is 3.75. The monoisotopic (exact) mass is 381 g/mol. The fourth-order valence-electron chi connectivity index (χ4n) is 2.39. The van der Waals surface area contributed by atoms with Gasteiger partial charge in [0.1, 0.15) is 0 Å². The van der Waals surface area contributed by atoms with Crippen LogP contribution in [0.1, 0.15) is 5.56 Å². The maximum atomic E-state index is 12.0. The summed E-state index contributed by atoms with van der Waals surface area (Å²) in [5.74, 6) is 0.397. The Morgan fingerprint density at radius 3 is 2.37 bits per heavy atom. The largest absolute Gasteiger partial charge is 0.334 e. The van der Waals surface area contributed by atoms with E-state index in [-0.39, 0.29) is 5.75 Å². The van der Waals surface area contributed by atoms with Gasteiger partial charge in [-0.3, -0.25) is 10.1 Å². The summed E-state index contributed by atoms with van der Waals surface area (Å²) in [5.41, 5.74) is 1.91. The average Bonchev–Trinajstić information content (AvgIpc) is 3.07. The average molecular weight is 381 g/mol. The standard InChI is InChI=1S/C19H19N5O2S/c1-24-17(15-10-6-3-7-11-15)22-23-19(24)27-13-16(25)21-18(26)20-12-14-8-4-2-5-9-14/h2-11H,12-13H2,1H3,(H2,20,21,25,26). The molecule has 8 heteroatoms. The lowest BCUT2D eigenvalue weighted by atomic mass is 10.2. The maximum Gasteiger partial charge on any atom is 0.321 e. The third kappa shape index (κ3) is 5.18. The molecule has 0 atom stereocenters. The Balaban J connectivity index is 1.48. The van der Waals surface area contributed by atoms with E-state index < -0.39 is 11.9 Å². The van der Waals surface area contributed by atoms with Crippen molar-refractivity contribution in [1.29, 1.82) is 0 Å². The van der Waals surface area contributed by atoms with Crippen LogP contribution in [0.3, 0.4) is 0 Å². The van der Waals surface area contributed by atoms with Crippen LogP contribution in [0, 0.1) is 0 Å². The van der Waals surface area contributed by atoms with Gasteiger partial charge in [0, 0.05) is 19.2 Å². The summed E-state index contributed by atoms with van der Waals surface area (Å²) in [7, 11) is 1.84. The minimum atomic E-state index is -0.521. The summed E-state index contributed by atoms with van der Waals surface area (Å²) in [6.07, 6.45) is 0. The van der Waals surface area contributed by atoms with E-state index in [1.807, 2.05) is 72.3 Å². The highest BCUT2D eigenvalue weighted by molar-refractivity contribution is 7.99. The number of nitrogens with one attached hydrogen (secondary N) is 2. The van der Waals surface area contributed by atoms with Crippen molar-refractivity contribution in [3.05, 3.63) is 66.2 Å². The minimum absolute atomic E-state index is 0.0690. The van der Waals surface area contributed by atoms with E-state index in [1.165, 1.54) is 11.8 Å². The van der Waals surface area contributed by atoms with E-state index in [4.69, 9.17) is 0 Å². The molecule has 0 unspecified atom stereocenters. The first-order valence-electron chi connectivity index (χ1n) is 8.32. The van der Waals surface area contributed by atoms with E-state index in [1.54, 1.807) is 0 Å². The number of rotatable bonds is 6. The second-order valence-corrected chi connectivity index (χ2v) is 6.68. The number of amides is 3. The van der Waals surface area contributed by atoms with Crippen molar-refractivity contribution in [1.82, 2.24) is 25.4 Å². The molecule has 0 bridgehead atoms. The zero-order chi connectivity index (χ0) is 19.1. The molecule has 0 aliphatic heterocycles. The number of hydrogen-bond donors (Lipinski definition) is 2. The lowest BCUT2D eigenvalue weighted by molar-refractivity contribution is -0.117. The third-order valence-corrected chi connectivity index (χ3v) is 4.77. The van der Waals surface area contributed by atoms with Crippen LogP contribution in [0.25, 0.3) is 11.4 Å². The van der Waals surface area contributed by atoms with Crippen LogP contribution in [-0.4, -0.2) is 32.5 Å². The van der Waals surface area contributed by atoms with Gasteiger partial charge in [-0.05, 0) is 5.56 Å². The van der Waals surface area contributed by atoms with Gasteiger partial charge in [-0.25, -0.2) is 4.79 Å². The molecule has 2 aromatic carbocycles. The maximum absolute atomic E-state index is 12.0. The van der Waals surface area contributed by atoms with Crippen molar-refractivity contribution in [2.75, 3.05) is 5.75 Å². The van der Waals surface area contributed by atoms with Gasteiger partial charge in [0.05, 0.1) is 5.75 Å². The van der Waals surface area contributed by atoms with Crippen LogP contribution in [-0.2, 0) is 18.4 Å². The molecule has 27 heavy (non-hydrogen) atoms. The first kappa shape index (κ1) is 18.7. The number of thioether (sulfide) groups is 1. The summed E-state index contributed by atoms with van der Waals surface area (Å²) in [6, 6.07) is 18.6. The lowest BCUT2D eigenvalue weighted by Gasteiger charge is -2.07. The van der Waals surface area contributed by atoms with Crippen LogP contribution in [0.15, 0.2) is 65.8 Å². The quantitative estimate of drug-likeness (QED) is 0.641. The predicted molar refractivity (Wildman–Crippen MR) is 104 cm³/mol. The molecule has 0 aliphatic carbocycles. The van der Waals surface area contributed by atoms with E-state index in [2.05, 4.69) is 20.8 Å². The summed E-state index contributed by atoms with van der Waals surface area (Å²) >= 11 is 1.22. The first-order chi connectivity index (χ1) is 13.1. The van der Waals surface area contributed by atoms with Crippen molar-refractivity contribution in [3.63, 3.8) is 0 Å². The molecule has 138 valence electrons. The zero-order valence-electron chi connectivity index (χ0n) is 14.8. The molecule has 0 saturated carbocycles. The fourth-order valence-corrected chi connectivity index (χ4v) is 3.11. The molecule has 0 aliphatic rings. The Kier molecular flexibility index (Phi) is 6.22. The van der Waals surface area contributed by atoms with Gasteiger partial charge >= 0.3 is 6.03 Å². The Morgan fingerprint density at radius 2 is 1.67 bits per heavy atom. The number of benzene rings is 2. The molecule has 7 nitrogen and oxygen atoms in total. The van der Waals surface area contributed by atoms with Crippen molar-refractivity contribution < 1.29 is 9.59 Å². The molecule has 1 aromatic heterocycles. The van der Waals surface area contributed by atoms with Crippen LogP contribution >= 0.6 is 11.8 Å². The van der Waals surface area contributed by atoms with Crippen molar-refractivity contribution >= 4 is 23.7 Å². The number of imide groups is 1. The highest BCUT2D eigenvalue weighted by Gasteiger charge is 2.14. The van der Waals surface area contributed by atoms with Gasteiger partial charge in [-0.15, -0.1) is 10.2 Å². The number of nitrogens with zero attached hydrogens (tertiary/aromatic N) is 3. The zero-order valence-corrected chi connectivity index (χ0v) is 15.6. The Bertz CT molecular complexity index is 912. The Labute approximate surface area is 161 Å². The number of aromatic nitrogens is 3. The Hall–Kier alpha value is -3.13. The second kappa shape index (κ2) is 9.00. The molecule has 0 spiro atoms. The molecule has 3 amide bonds. The number of hydrogen-bond acceptors (Lipinski definition) is 5. The fraction of sp³-hybridized carbons (Fsp3) is 0.158. The second-order valence-electron chi connectivity index (χ2n) is 5.74. The molecule has 3 aromatic rings. The summed E-state index contributed by atoms with van der Waals surface area (Å²) in [6.45, 7) is 0.358. The van der Waals surface area contributed by atoms with Crippen LogP contribution in [0.5, 0.6) is 0 Å². The highest BCUT2D eigenvalue weighted by Crippen LogP contribution is 2.22. The van der Waals surface area contributed by atoms with Gasteiger partial charge in [0.2, 0.25) is 5.91 Å². The summed E-state index contributed by atoms with van der Waals surface area (Å²) in [4.78, 5) is 23.8. The number of carbonyl (C=O) groups is 2. The molecule has 0 radical (unpaired) electrons. The topological polar surface area (TPSA) is 88.9 Å². The van der Waals surface area contributed by atoms with Gasteiger partial charge in [0.25, 0.3) is 0 Å². The molecular formula is C19H19N5O2S. The predicted octanol–water partition coefficient (Wildman–Crippen LogP) is 2.60. The summed E-state index contributed by atoms with van der Waals surface area (Å²) < 4.78 is 1.82. The molecule has 0 saturated heterocycles. The van der Waals surface area contributed by atoms with Gasteiger partial charge < -0.3 is 9.88 Å². The lowest BCUT2D eigenvalue weighted by Crippen LogP contribution is -2.39. The minimum Gasteiger partial charge on any atom is -0.334 e. The SMILES string of the molecule is Cn1c(SCC(=O)NC(=O)NCc2ccccc2)nnc1-c1ccccc1. The molecule has 0 fully saturated rings. The highest BCUT2D eigenvalue weighted by atomic mass is 32.2. The first-order valence-corrected chi connectivity index (χ1v) is 9.31. The Morgan fingerprint density at radius 1 is 1.00 bits per heavy atom. The van der Waals surface area contributed by atoms with Gasteiger partial charge in [0.15, 0.2) is 11.0 Å². The normalized spacial score (nSPS) is 10.4. The van der Waals surface area contributed by atoms with Crippen molar-refractivity contribution in [3.8, 4) is 11.4 Å². The molecule has 3 rings (SSSR count). The van der Waals surface area contributed by atoms with Crippen LogP contribution in [0.4, 0.5) is 4.79 Å². The molecular weight excluding hydrogens is 362 g/mol. The van der Waals surface area contributed by atoms with E-state index in [9.17, 15) is 9.59 Å². The van der Waals surface area contributed by atoms with Gasteiger partial charge in [-0.2, -0.15) is 0 Å². The van der Waals surface area contributed by atoms with Crippen molar-refractivity contribution in [2.45, 2.75) is 11.7 Å². The number of carbonyl (C=O) groups excluding carboxylic acids is 2. The van der Waals surface area contributed by atoms with Gasteiger partial charge in [-0.1, -0.05) is 72.4 Å².